The second kappa shape index (κ2) is 9.06. The van der Waals surface area contributed by atoms with Gasteiger partial charge in [0.2, 0.25) is 0 Å². The lowest BCUT2D eigenvalue weighted by Gasteiger charge is -2.12. The van der Waals surface area contributed by atoms with Gasteiger partial charge in [-0.05, 0) is 42.8 Å². The summed E-state index contributed by atoms with van der Waals surface area (Å²) < 4.78 is 12.3. The van der Waals surface area contributed by atoms with E-state index in [9.17, 15) is 4.79 Å². The highest BCUT2D eigenvalue weighted by atomic mass is 16.5. The van der Waals surface area contributed by atoms with E-state index in [1.165, 1.54) is 7.11 Å². The molecule has 1 heterocycles. The number of rotatable bonds is 7. The first kappa shape index (κ1) is 20.1. The molecule has 0 bridgehead atoms. The lowest BCUT2D eigenvalue weighted by Crippen LogP contribution is -2.11. The number of aliphatic imine (C=N–C) groups is 1. The minimum absolute atomic E-state index is 0.252. The number of ether oxygens (including phenoxy) is 2. The van der Waals surface area contributed by atoms with Crippen molar-refractivity contribution in [3.8, 4) is 17.0 Å². The van der Waals surface area contributed by atoms with Crippen molar-refractivity contribution < 1.29 is 14.3 Å². The van der Waals surface area contributed by atoms with Crippen LogP contribution in [-0.4, -0.2) is 30.5 Å². The average molecular weight is 388 g/mol. The third-order valence-corrected chi connectivity index (χ3v) is 4.67. The summed E-state index contributed by atoms with van der Waals surface area (Å²) in [5, 5.41) is 1.06. The van der Waals surface area contributed by atoms with Crippen LogP contribution in [0.3, 0.4) is 0 Å². The number of hydrogen-bond acceptors (Lipinski definition) is 4. The van der Waals surface area contributed by atoms with Crippen LogP contribution in [-0.2, 0) is 16.1 Å². The van der Waals surface area contributed by atoms with Crippen molar-refractivity contribution in [2.24, 2.45) is 4.99 Å². The molecular weight excluding hydrogens is 364 g/mol. The molecule has 148 valence electrons. The van der Waals surface area contributed by atoms with Gasteiger partial charge in [0.15, 0.2) is 0 Å². The summed E-state index contributed by atoms with van der Waals surface area (Å²) in [4.78, 5) is 16.4. The smallest absolute Gasteiger partial charge is 0.356 e. The van der Waals surface area contributed by atoms with E-state index in [1.807, 2.05) is 36.4 Å². The van der Waals surface area contributed by atoms with E-state index in [-0.39, 0.29) is 5.70 Å². The van der Waals surface area contributed by atoms with Crippen LogP contribution < -0.4 is 4.74 Å². The first-order valence-corrected chi connectivity index (χ1v) is 9.28. The molecule has 0 aliphatic carbocycles. The monoisotopic (exact) mass is 388 g/mol. The zero-order valence-electron chi connectivity index (χ0n) is 16.9. The summed E-state index contributed by atoms with van der Waals surface area (Å²) in [5.41, 5.74) is 4.09. The van der Waals surface area contributed by atoms with Crippen LogP contribution in [0.2, 0.25) is 0 Å². The van der Waals surface area contributed by atoms with Gasteiger partial charge in [-0.25, -0.2) is 9.79 Å². The zero-order chi connectivity index (χ0) is 20.8. The molecule has 2 aromatic carbocycles. The Morgan fingerprint density at radius 3 is 2.52 bits per heavy atom. The highest BCUT2D eigenvalue weighted by molar-refractivity contribution is 6.01. The van der Waals surface area contributed by atoms with Crippen molar-refractivity contribution in [1.82, 2.24) is 4.57 Å². The van der Waals surface area contributed by atoms with E-state index in [0.29, 0.717) is 12.3 Å². The van der Waals surface area contributed by atoms with E-state index in [0.717, 1.165) is 27.9 Å². The summed E-state index contributed by atoms with van der Waals surface area (Å²) in [7, 11) is 3.00. The fourth-order valence-electron chi connectivity index (χ4n) is 3.19. The van der Waals surface area contributed by atoms with Gasteiger partial charge in [-0.15, -0.1) is 0 Å². The number of hydrogen-bond donors (Lipinski definition) is 0. The predicted octanol–water partition coefficient (Wildman–Crippen LogP) is 5.02. The minimum Gasteiger partial charge on any atom is -0.497 e. The number of benzene rings is 2. The summed E-state index contributed by atoms with van der Waals surface area (Å²) in [6.45, 7) is 6.09. The number of fused-ring (bicyclic) bond motifs is 1. The van der Waals surface area contributed by atoms with Crippen LogP contribution in [0.15, 0.2) is 84.0 Å². The molecular formula is C24H24N2O3. The normalized spacial score (nSPS) is 12.1. The Morgan fingerprint density at radius 2 is 1.90 bits per heavy atom. The molecule has 0 aliphatic heterocycles. The van der Waals surface area contributed by atoms with Gasteiger partial charge in [0.05, 0.1) is 26.5 Å². The molecule has 0 unspecified atom stereocenters. The third kappa shape index (κ3) is 4.29. The first-order chi connectivity index (χ1) is 14.1. The standard InChI is InChI=1S/C24H24N2O3/c1-5-19(25-21(6-2)24(27)29-4)16-26-22-13-12-20(28-3)14-18(22)15-23(26)17-10-8-7-9-11-17/h5-15H,1,16H2,2-4H3/b21-6-,25-19+. The fraction of sp³-hybridized carbons (Fsp3) is 0.167. The number of allylic oxidation sites excluding steroid dienone is 2. The Labute approximate surface area is 170 Å². The molecule has 5 nitrogen and oxygen atoms in total. The van der Waals surface area contributed by atoms with Crippen LogP contribution in [0, 0.1) is 0 Å². The lowest BCUT2D eigenvalue weighted by molar-refractivity contribution is -0.136. The predicted molar refractivity (Wildman–Crippen MR) is 117 cm³/mol. The van der Waals surface area contributed by atoms with Crippen molar-refractivity contribution in [3.63, 3.8) is 0 Å². The summed E-state index contributed by atoms with van der Waals surface area (Å²) in [5.74, 6) is 0.325. The number of carbonyl (C=O) groups excluding carboxylic acids is 1. The Bertz CT molecular complexity index is 1090. The van der Waals surface area contributed by atoms with E-state index in [1.54, 1.807) is 26.2 Å². The molecule has 3 rings (SSSR count). The van der Waals surface area contributed by atoms with Crippen LogP contribution >= 0.6 is 0 Å². The second-order valence-electron chi connectivity index (χ2n) is 6.38. The molecule has 0 fully saturated rings. The molecule has 0 saturated carbocycles. The van der Waals surface area contributed by atoms with Crippen molar-refractivity contribution in [2.45, 2.75) is 13.5 Å². The average Bonchev–Trinajstić information content (AvgIpc) is 3.13. The number of nitrogens with zero attached hydrogens (tertiary/aromatic N) is 2. The molecule has 0 amide bonds. The summed E-state index contributed by atoms with van der Waals surface area (Å²) in [6, 6.07) is 18.2. The quantitative estimate of drug-likeness (QED) is 0.324. The number of aromatic nitrogens is 1. The summed E-state index contributed by atoms with van der Waals surface area (Å²) in [6.07, 6.45) is 3.29. The van der Waals surface area contributed by atoms with Crippen LogP contribution in [0.4, 0.5) is 0 Å². The van der Waals surface area contributed by atoms with Crippen LogP contribution in [0.25, 0.3) is 22.2 Å². The van der Waals surface area contributed by atoms with Gasteiger partial charge >= 0.3 is 5.97 Å². The number of esters is 1. The lowest BCUT2D eigenvalue weighted by atomic mass is 10.1. The van der Waals surface area contributed by atoms with Crippen LogP contribution in [0.1, 0.15) is 6.92 Å². The van der Waals surface area contributed by atoms with Crippen LogP contribution in [0.5, 0.6) is 5.75 Å². The van der Waals surface area contributed by atoms with Gasteiger partial charge in [0.25, 0.3) is 0 Å². The fourth-order valence-corrected chi connectivity index (χ4v) is 3.19. The van der Waals surface area contributed by atoms with Crippen molar-refractivity contribution in [2.75, 3.05) is 14.2 Å². The Balaban J connectivity index is 2.13. The topological polar surface area (TPSA) is 52.8 Å². The molecule has 0 aliphatic rings. The van der Waals surface area contributed by atoms with Crippen molar-refractivity contribution in [1.29, 1.82) is 0 Å². The van der Waals surface area contributed by atoms with E-state index >= 15 is 0 Å². The van der Waals surface area contributed by atoms with Crippen molar-refractivity contribution in [3.05, 3.63) is 79.0 Å². The summed E-state index contributed by atoms with van der Waals surface area (Å²) >= 11 is 0. The highest BCUT2D eigenvalue weighted by Crippen LogP contribution is 2.30. The van der Waals surface area contributed by atoms with Gasteiger partial charge in [-0.1, -0.05) is 43.0 Å². The third-order valence-electron chi connectivity index (χ3n) is 4.67. The zero-order valence-corrected chi connectivity index (χ0v) is 16.9. The van der Waals surface area contributed by atoms with Gasteiger partial charge in [0, 0.05) is 16.6 Å². The number of methoxy groups -OCH3 is 2. The molecule has 0 radical (unpaired) electrons. The van der Waals surface area contributed by atoms with Gasteiger partial charge < -0.3 is 14.0 Å². The Morgan fingerprint density at radius 1 is 1.14 bits per heavy atom. The SMILES string of the molecule is C=C/C(Cn1c(-c2ccccc2)cc2cc(OC)ccc21)=N\C(=C/C)C(=O)OC. The minimum atomic E-state index is -0.475. The Hall–Kier alpha value is -3.60. The molecule has 0 spiro atoms. The molecule has 29 heavy (non-hydrogen) atoms. The number of carbonyl (C=O) groups is 1. The van der Waals surface area contributed by atoms with Crippen molar-refractivity contribution >= 4 is 22.6 Å². The molecule has 0 N–H and O–H groups in total. The maximum absolute atomic E-state index is 11.9. The molecule has 0 saturated heterocycles. The van der Waals surface area contributed by atoms with Gasteiger partial charge in [-0.3, -0.25) is 0 Å². The van der Waals surface area contributed by atoms with Gasteiger partial charge in [-0.2, -0.15) is 0 Å². The van der Waals surface area contributed by atoms with E-state index in [2.05, 4.69) is 34.3 Å². The second-order valence-corrected chi connectivity index (χ2v) is 6.38. The molecule has 0 atom stereocenters. The maximum atomic E-state index is 11.9. The molecule has 5 heteroatoms. The first-order valence-electron chi connectivity index (χ1n) is 9.28. The molecule has 3 aromatic rings. The maximum Gasteiger partial charge on any atom is 0.356 e. The highest BCUT2D eigenvalue weighted by Gasteiger charge is 2.14. The van der Waals surface area contributed by atoms with Gasteiger partial charge in [0.1, 0.15) is 11.4 Å². The Kier molecular flexibility index (Phi) is 6.29. The largest absolute Gasteiger partial charge is 0.497 e. The molecule has 1 aromatic heterocycles. The van der Waals surface area contributed by atoms with E-state index in [4.69, 9.17) is 9.47 Å². The van der Waals surface area contributed by atoms with E-state index < -0.39 is 5.97 Å².